The summed E-state index contributed by atoms with van der Waals surface area (Å²) in [5.74, 6) is 0.698. The molecule has 0 aliphatic carbocycles. The summed E-state index contributed by atoms with van der Waals surface area (Å²) in [6, 6.07) is 19.1. The zero-order valence-corrected chi connectivity index (χ0v) is 14.2. The van der Waals surface area contributed by atoms with Crippen LogP contribution in [0.2, 0.25) is 0 Å². The minimum atomic E-state index is 0.698. The van der Waals surface area contributed by atoms with Gasteiger partial charge in [0, 0.05) is 24.7 Å². The lowest BCUT2D eigenvalue weighted by atomic mass is 9.93. The van der Waals surface area contributed by atoms with Crippen LogP contribution in [0.3, 0.4) is 0 Å². The maximum Gasteiger partial charge on any atom is 0.106 e. The van der Waals surface area contributed by atoms with E-state index < -0.39 is 0 Å². The van der Waals surface area contributed by atoms with E-state index in [2.05, 4.69) is 71.8 Å². The highest BCUT2D eigenvalue weighted by Gasteiger charge is 2.17. The molecule has 24 heavy (non-hydrogen) atoms. The predicted octanol–water partition coefficient (Wildman–Crippen LogP) is 3.42. The molecule has 1 aliphatic heterocycles. The fourth-order valence-electron chi connectivity index (χ4n) is 3.03. The molecule has 0 amide bonds. The molecule has 3 rings (SSSR count). The van der Waals surface area contributed by atoms with Gasteiger partial charge < -0.3 is 11.1 Å². The number of hydrogen-bond acceptors (Lipinski definition) is 3. The van der Waals surface area contributed by atoms with E-state index in [0.29, 0.717) is 5.82 Å². The van der Waals surface area contributed by atoms with Crippen LogP contribution >= 0.6 is 0 Å². The minimum absolute atomic E-state index is 0.698. The fourth-order valence-corrected chi connectivity index (χ4v) is 3.03. The van der Waals surface area contributed by atoms with Crippen molar-refractivity contribution in [3.8, 4) is 0 Å². The average molecular weight is 317 g/mol. The molecule has 0 saturated carbocycles. The summed E-state index contributed by atoms with van der Waals surface area (Å²) in [5, 5.41) is 3.19. The van der Waals surface area contributed by atoms with Crippen molar-refractivity contribution in [1.29, 1.82) is 0 Å². The second-order valence-electron chi connectivity index (χ2n) is 5.99. The Labute approximate surface area is 143 Å². The first-order valence-corrected chi connectivity index (χ1v) is 8.20. The van der Waals surface area contributed by atoms with E-state index in [-0.39, 0.29) is 0 Å². The molecule has 0 saturated heterocycles. The molecule has 0 unspecified atom stereocenters. The second-order valence-corrected chi connectivity index (χ2v) is 5.99. The SMILES string of the molecule is C/N=C(\C1=C(N)NCC=C1C)c1ccc(Cc2ccccc2)cc1. The van der Waals surface area contributed by atoms with E-state index >= 15 is 0 Å². The lowest BCUT2D eigenvalue weighted by molar-refractivity contribution is 0.853. The van der Waals surface area contributed by atoms with Crippen LogP contribution in [0.1, 0.15) is 23.6 Å². The maximum absolute atomic E-state index is 6.16. The molecule has 0 spiro atoms. The Kier molecular flexibility index (Phi) is 4.80. The van der Waals surface area contributed by atoms with Crippen LogP contribution in [0.4, 0.5) is 0 Å². The van der Waals surface area contributed by atoms with Crippen LogP contribution in [0, 0.1) is 0 Å². The standard InChI is InChI=1S/C21H23N3/c1-15-12-13-24-21(22)19(15)20(23-2)18-10-8-17(9-11-18)14-16-6-4-3-5-7-16/h3-12,24H,13-14,22H2,1-2H3/b23-20-. The molecule has 3 heteroatoms. The monoisotopic (exact) mass is 317 g/mol. The van der Waals surface area contributed by atoms with Gasteiger partial charge in [-0.2, -0.15) is 0 Å². The Bertz CT molecular complexity index is 797. The summed E-state index contributed by atoms with van der Waals surface area (Å²) in [6.07, 6.45) is 3.08. The van der Waals surface area contributed by atoms with E-state index in [1.165, 1.54) is 16.7 Å². The zero-order valence-electron chi connectivity index (χ0n) is 14.2. The Morgan fingerprint density at radius 1 is 1.04 bits per heavy atom. The normalized spacial score (nSPS) is 15.1. The summed E-state index contributed by atoms with van der Waals surface area (Å²) < 4.78 is 0. The molecule has 0 atom stereocenters. The minimum Gasteiger partial charge on any atom is -0.385 e. The van der Waals surface area contributed by atoms with Crippen LogP contribution in [0.15, 0.2) is 82.6 Å². The number of aliphatic imine (C=N–C) groups is 1. The number of nitrogens with zero attached hydrogens (tertiary/aromatic N) is 1. The van der Waals surface area contributed by atoms with Crippen molar-refractivity contribution in [1.82, 2.24) is 5.32 Å². The van der Waals surface area contributed by atoms with Crippen LogP contribution in [-0.2, 0) is 6.42 Å². The van der Waals surface area contributed by atoms with Crippen molar-refractivity contribution >= 4 is 5.71 Å². The molecular formula is C21H23N3. The van der Waals surface area contributed by atoms with Crippen molar-refractivity contribution < 1.29 is 0 Å². The number of benzene rings is 2. The lowest BCUT2D eigenvalue weighted by Crippen LogP contribution is -2.29. The van der Waals surface area contributed by atoms with Gasteiger partial charge in [0.05, 0.1) is 5.71 Å². The molecule has 0 fully saturated rings. The molecule has 122 valence electrons. The van der Waals surface area contributed by atoms with Crippen molar-refractivity contribution in [2.45, 2.75) is 13.3 Å². The highest BCUT2D eigenvalue weighted by Crippen LogP contribution is 2.21. The topological polar surface area (TPSA) is 50.4 Å². The first-order valence-electron chi connectivity index (χ1n) is 8.20. The molecule has 0 bridgehead atoms. The van der Waals surface area contributed by atoms with E-state index in [9.17, 15) is 0 Å². The van der Waals surface area contributed by atoms with Crippen molar-refractivity contribution in [2.75, 3.05) is 13.6 Å². The van der Waals surface area contributed by atoms with Gasteiger partial charge in [0.2, 0.25) is 0 Å². The predicted molar refractivity (Wildman–Crippen MR) is 101 cm³/mol. The Hall–Kier alpha value is -2.81. The third kappa shape index (κ3) is 3.40. The first kappa shape index (κ1) is 16.1. The van der Waals surface area contributed by atoms with Gasteiger partial charge in [0.25, 0.3) is 0 Å². The molecule has 1 heterocycles. The molecule has 3 N–H and O–H groups in total. The van der Waals surface area contributed by atoms with Crippen LogP contribution < -0.4 is 11.1 Å². The third-order valence-corrected chi connectivity index (χ3v) is 4.30. The Morgan fingerprint density at radius 2 is 1.71 bits per heavy atom. The van der Waals surface area contributed by atoms with E-state index in [4.69, 9.17) is 5.73 Å². The maximum atomic E-state index is 6.16. The molecule has 0 radical (unpaired) electrons. The van der Waals surface area contributed by atoms with E-state index in [1.807, 2.05) is 13.1 Å². The van der Waals surface area contributed by atoms with Crippen LogP contribution in [0.5, 0.6) is 0 Å². The second kappa shape index (κ2) is 7.18. The summed E-state index contributed by atoms with van der Waals surface area (Å²) in [7, 11) is 1.81. The molecule has 2 aromatic rings. The summed E-state index contributed by atoms with van der Waals surface area (Å²) >= 11 is 0. The quantitative estimate of drug-likeness (QED) is 0.849. The van der Waals surface area contributed by atoms with Crippen LogP contribution in [0.25, 0.3) is 0 Å². The molecule has 0 aromatic heterocycles. The van der Waals surface area contributed by atoms with Gasteiger partial charge in [-0.3, -0.25) is 4.99 Å². The molecule has 2 aromatic carbocycles. The van der Waals surface area contributed by atoms with Crippen molar-refractivity contribution in [3.63, 3.8) is 0 Å². The number of nitrogens with two attached hydrogens (primary N) is 1. The average Bonchev–Trinajstić information content (AvgIpc) is 2.60. The van der Waals surface area contributed by atoms with Crippen molar-refractivity contribution in [3.05, 3.63) is 94.3 Å². The highest BCUT2D eigenvalue weighted by atomic mass is 15.0. The lowest BCUT2D eigenvalue weighted by Gasteiger charge is -2.20. The van der Waals surface area contributed by atoms with Gasteiger partial charge in [-0.15, -0.1) is 0 Å². The van der Waals surface area contributed by atoms with Gasteiger partial charge in [-0.05, 0) is 30.0 Å². The zero-order chi connectivity index (χ0) is 16.9. The highest BCUT2D eigenvalue weighted by molar-refractivity contribution is 6.15. The molecule has 3 nitrogen and oxygen atoms in total. The first-order chi connectivity index (χ1) is 11.7. The van der Waals surface area contributed by atoms with E-state index in [0.717, 1.165) is 29.8 Å². The van der Waals surface area contributed by atoms with E-state index in [1.54, 1.807) is 0 Å². The number of nitrogens with one attached hydrogen (secondary N) is 1. The number of dihydropyridines is 1. The summed E-state index contributed by atoms with van der Waals surface area (Å²) in [6.45, 7) is 2.85. The smallest absolute Gasteiger partial charge is 0.106 e. The van der Waals surface area contributed by atoms with Gasteiger partial charge in [0.1, 0.15) is 5.82 Å². The largest absolute Gasteiger partial charge is 0.385 e. The molecule has 1 aliphatic rings. The van der Waals surface area contributed by atoms with Crippen molar-refractivity contribution in [2.24, 2.45) is 10.7 Å². The van der Waals surface area contributed by atoms with Gasteiger partial charge in [-0.25, -0.2) is 0 Å². The number of hydrogen-bond donors (Lipinski definition) is 2. The van der Waals surface area contributed by atoms with Gasteiger partial charge >= 0.3 is 0 Å². The Balaban J connectivity index is 1.85. The van der Waals surface area contributed by atoms with Crippen LogP contribution in [-0.4, -0.2) is 19.3 Å². The van der Waals surface area contributed by atoms with Gasteiger partial charge in [-0.1, -0.05) is 60.7 Å². The third-order valence-electron chi connectivity index (χ3n) is 4.30. The fraction of sp³-hybridized carbons (Fsp3) is 0.190. The summed E-state index contributed by atoms with van der Waals surface area (Å²) in [5.41, 5.74) is 13.0. The molecular weight excluding hydrogens is 294 g/mol. The number of allylic oxidation sites excluding steroid dienone is 2. The number of rotatable bonds is 4. The Morgan fingerprint density at radius 3 is 2.33 bits per heavy atom. The summed E-state index contributed by atoms with van der Waals surface area (Å²) in [4.78, 5) is 4.49. The van der Waals surface area contributed by atoms with Gasteiger partial charge in [0.15, 0.2) is 0 Å².